The lowest BCUT2D eigenvalue weighted by Gasteiger charge is -1.99. The predicted molar refractivity (Wildman–Crippen MR) is 52.0 cm³/mol. The maximum atomic E-state index is 4.26. The van der Waals surface area contributed by atoms with Crippen molar-refractivity contribution in [3.8, 4) is 0 Å². The Balaban J connectivity index is 2.71. The Morgan fingerprint density at radius 1 is 1.58 bits per heavy atom. The Morgan fingerprint density at radius 3 is 2.83 bits per heavy atom. The summed E-state index contributed by atoms with van der Waals surface area (Å²) in [6, 6.07) is 4.07. The van der Waals surface area contributed by atoms with Gasteiger partial charge >= 0.3 is 0 Å². The maximum Gasteiger partial charge on any atom is 0.0447 e. The molecule has 0 atom stereocenters. The standard InChI is InChI=1S/C11H13N/c1-4-9(2)7-11-6-5-10(3)8-12-11/h4-6,8H,1-2,7H2,3H3. The molecule has 0 amide bonds. The lowest BCUT2D eigenvalue weighted by atomic mass is 10.1. The van der Waals surface area contributed by atoms with E-state index in [2.05, 4.69) is 24.2 Å². The van der Waals surface area contributed by atoms with Crippen LogP contribution in [-0.2, 0) is 6.42 Å². The predicted octanol–water partition coefficient (Wildman–Crippen LogP) is 2.67. The molecular weight excluding hydrogens is 146 g/mol. The monoisotopic (exact) mass is 159 g/mol. The van der Waals surface area contributed by atoms with Gasteiger partial charge in [-0.3, -0.25) is 4.98 Å². The molecule has 0 radical (unpaired) electrons. The summed E-state index contributed by atoms with van der Waals surface area (Å²) in [6.07, 6.45) is 4.43. The van der Waals surface area contributed by atoms with E-state index in [1.54, 1.807) is 6.08 Å². The van der Waals surface area contributed by atoms with E-state index in [1.165, 1.54) is 5.56 Å². The normalized spacial score (nSPS) is 9.42. The molecule has 0 saturated heterocycles. The molecule has 1 heterocycles. The van der Waals surface area contributed by atoms with E-state index in [-0.39, 0.29) is 0 Å². The Kier molecular flexibility index (Phi) is 2.81. The fraction of sp³-hybridized carbons (Fsp3) is 0.182. The first-order valence-electron chi connectivity index (χ1n) is 3.94. The molecule has 0 fully saturated rings. The third kappa shape index (κ3) is 2.35. The molecule has 62 valence electrons. The number of aromatic nitrogens is 1. The first-order valence-corrected chi connectivity index (χ1v) is 3.94. The van der Waals surface area contributed by atoms with Gasteiger partial charge in [0.2, 0.25) is 0 Å². The van der Waals surface area contributed by atoms with E-state index in [4.69, 9.17) is 0 Å². The van der Waals surface area contributed by atoms with Crippen LogP contribution in [0.3, 0.4) is 0 Å². The topological polar surface area (TPSA) is 12.9 Å². The van der Waals surface area contributed by atoms with Crippen LogP contribution in [0.1, 0.15) is 11.3 Å². The Morgan fingerprint density at radius 2 is 2.33 bits per heavy atom. The minimum absolute atomic E-state index is 0.795. The zero-order valence-corrected chi connectivity index (χ0v) is 7.38. The molecule has 0 unspecified atom stereocenters. The van der Waals surface area contributed by atoms with Crippen LogP contribution < -0.4 is 0 Å². The number of aryl methyl sites for hydroxylation is 1. The highest BCUT2D eigenvalue weighted by Crippen LogP contribution is 2.04. The Hall–Kier alpha value is -1.37. The van der Waals surface area contributed by atoms with E-state index in [0.717, 1.165) is 17.7 Å². The first-order chi connectivity index (χ1) is 5.72. The van der Waals surface area contributed by atoms with Crippen molar-refractivity contribution in [3.63, 3.8) is 0 Å². The lowest BCUT2D eigenvalue weighted by molar-refractivity contribution is 1.07. The molecule has 0 aliphatic carbocycles. The zero-order valence-electron chi connectivity index (χ0n) is 7.38. The van der Waals surface area contributed by atoms with Gasteiger partial charge in [0.1, 0.15) is 0 Å². The summed E-state index contributed by atoms with van der Waals surface area (Å²) in [6.45, 7) is 9.51. The Labute approximate surface area is 73.5 Å². The minimum Gasteiger partial charge on any atom is -0.261 e. The summed E-state index contributed by atoms with van der Waals surface area (Å²) in [5.74, 6) is 0. The fourth-order valence-electron chi connectivity index (χ4n) is 0.908. The fourth-order valence-corrected chi connectivity index (χ4v) is 0.908. The molecule has 1 rings (SSSR count). The van der Waals surface area contributed by atoms with Gasteiger partial charge in [-0.05, 0) is 24.1 Å². The lowest BCUT2D eigenvalue weighted by Crippen LogP contribution is -1.90. The largest absolute Gasteiger partial charge is 0.261 e. The highest BCUT2D eigenvalue weighted by Gasteiger charge is 1.94. The van der Waals surface area contributed by atoms with E-state index in [1.807, 2.05) is 19.2 Å². The van der Waals surface area contributed by atoms with Crippen molar-refractivity contribution >= 4 is 0 Å². The van der Waals surface area contributed by atoms with E-state index < -0.39 is 0 Å². The molecule has 0 aliphatic heterocycles. The SMILES string of the molecule is C=CC(=C)Cc1ccc(C)cn1. The van der Waals surface area contributed by atoms with Crippen LogP contribution in [0.15, 0.2) is 43.1 Å². The van der Waals surface area contributed by atoms with Crippen LogP contribution in [0.2, 0.25) is 0 Å². The van der Waals surface area contributed by atoms with Crippen LogP contribution in [0.4, 0.5) is 0 Å². The van der Waals surface area contributed by atoms with Crippen LogP contribution in [0.5, 0.6) is 0 Å². The van der Waals surface area contributed by atoms with Crippen molar-refractivity contribution in [1.29, 1.82) is 0 Å². The van der Waals surface area contributed by atoms with Gasteiger partial charge in [0.05, 0.1) is 0 Å². The molecule has 0 N–H and O–H groups in total. The average Bonchev–Trinajstić information content (AvgIpc) is 2.09. The Bertz CT molecular complexity index is 282. The number of hydrogen-bond donors (Lipinski definition) is 0. The van der Waals surface area contributed by atoms with Crippen molar-refractivity contribution in [2.75, 3.05) is 0 Å². The number of allylic oxidation sites excluding steroid dienone is 2. The molecule has 1 nitrogen and oxygen atoms in total. The zero-order chi connectivity index (χ0) is 8.97. The second-order valence-electron chi connectivity index (χ2n) is 2.87. The summed E-state index contributed by atoms with van der Waals surface area (Å²) in [4.78, 5) is 4.26. The molecule has 1 aromatic heterocycles. The van der Waals surface area contributed by atoms with Crippen molar-refractivity contribution in [2.24, 2.45) is 0 Å². The third-order valence-corrected chi connectivity index (χ3v) is 1.67. The molecule has 0 aliphatic rings. The highest BCUT2D eigenvalue weighted by atomic mass is 14.7. The van der Waals surface area contributed by atoms with Crippen LogP contribution in [0, 0.1) is 6.92 Å². The summed E-state index contributed by atoms with van der Waals surface area (Å²) in [5.41, 5.74) is 3.24. The summed E-state index contributed by atoms with van der Waals surface area (Å²) in [5, 5.41) is 0. The summed E-state index contributed by atoms with van der Waals surface area (Å²) >= 11 is 0. The molecular formula is C11H13N. The molecule has 0 spiro atoms. The molecule has 0 saturated carbocycles. The highest BCUT2D eigenvalue weighted by molar-refractivity contribution is 5.21. The van der Waals surface area contributed by atoms with Crippen LogP contribution >= 0.6 is 0 Å². The van der Waals surface area contributed by atoms with Gasteiger partial charge in [-0.15, -0.1) is 0 Å². The minimum atomic E-state index is 0.795. The molecule has 1 aromatic rings. The second-order valence-corrected chi connectivity index (χ2v) is 2.87. The van der Waals surface area contributed by atoms with Crippen LogP contribution in [-0.4, -0.2) is 4.98 Å². The molecule has 0 aromatic carbocycles. The summed E-state index contributed by atoms with van der Waals surface area (Å²) in [7, 11) is 0. The molecule has 1 heteroatoms. The van der Waals surface area contributed by atoms with E-state index in [9.17, 15) is 0 Å². The quantitative estimate of drug-likeness (QED) is 0.618. The maximum absolute atomic E-state index is 4.26. The smallest absolute Gasteiger partial charge is 0.0447 e. The van der Waals surface area contributed by atoms with Crippen molar-refractivity contribution in [2.45, 2.75) is 13.3 Å². The number of hydrogen-bond acceptors (Lipinski definition) is 1. The number of pyridine rings is 1. The van der Waals surface area contributed by atoms with Gasteiger partial charge in [0.25, 0.3) is 0 Å². The van der Waals surface area contributed by atoms with Gasteiger partial charge in [-0.1, -0.05) is 25.3 Å². The molecule has 0 bridgehead atoms. The van der Waals surface area contributed by atoms with Gasteiger partial charge in [-0.2, -0.15) is 0 Å². The van der Waals surface area contributed by atoms with Crippen molar-refractivity contribution in [1.82, 2.24) is 4.98 Å². The van der Waals surface area contributed by atoms with Gasteiger partial charge < -0.3 is 0 Å². The van der Waals surface area contributed by atoms with Crippen LogP contribution in [0.25, 0.3) is 0 Å². The first kappa shape index (κ1) is 8.72. The van der Waals surface area contributed by atoms with E-state index in [0.29, 0.717) is 0 Å². The van der Waals surface area contributed by atoms with E-state index >= 15 is 0 Å². The van der Waals surface area contributed by atoms with Gasteiger partial charge in [0, 0.05) is 18.3 Å². The van der Waals surface area contributed by atoms with Crippen molar-refractivity contribution < 1.29 is 0 Å². The second kappa shape index (κ2) is 3.86. The van der Waals surface area contributed by atoms with Gasteiger partial charge in [-0.25, -0.2) is 0 Å². The summed E-state index contributed by atoms with van der Waals surface area (Å²) < 4.78 is 0. The molecule has 12 heavy (non-hydrogen) atoms. The average molecular weight is 159 g/mol. The van der Waals surface area contributed by atoms with Gasteiger partial charge in [0.15, 0.2) is 0 Å². The number of rotatable bonds is 3. The third-order valence-electron chi connectivity index (χ3n) is 1.67. The van der Waals surface area contributed by atoms with Crippen molar-refractivity contribution in [3.05, 3.63) is 54.4 Å². The number of nitrogens with zero attached hydrogens (tertiary/aromatic N) is 1.